The van der Waals surface area contributed by atoms with Crippen LogP contribution < -0.4 is 0 Å². The summed E-state index contributed by atoms with van der Waals surface area (Å²) < 4.78 is 0. The summed E-state index contributed by atoms with van der Waals surface area (Å²) in [4.78, 5) is 0. The fraction of sp³-hybridized carbons (Fsp3) is 1.00. The van der Waals surface area contributed by atoms with Crippen LogP contribution >= 0.6 is 12.6 Å². The summed E-state index contributed by atoms with van der Waals surface area (Å²) in [7, 11) is 0. The second kappa shape index (κ2) is 2.96. The molecule has 9 heavy (non-hydrogen) atoms. The second-order valence-electron chi connectivity index (χ2n) is 3.57. The van der Waals surface area contributed by atoms with Crippen LogP contribution in [0.1, 0.15) is 33.1 Å². The lowest BCUT2D eigenvalue weighted by Gasteiger charge is -2.28. The first-order valence-electron chi connectivity index (χ1n) is 3.86. The van der Waals surface area contributed by atoms with E-state index in [1.807, 2.05) is 0 Å². The van der Waals surface area contributed by atoms with E-state index in [9.17, 15) is 0 Å². The molecule has 1 aliphatic carbocycles. The molecule has 54 valence electrons. The van der Waals surface area contributed by atoms with Gasteiger partial charge in [-0.1, -0.05) is 13.8 Å². The van der Waals surface area contributed by atoms with E-state index in [-0.39, 0.29) is 0 Å². The molecule has 0 bridgehead atoms. The van der Waals surface area contributed by atoms with E-state index >= 15 is 0 Å². The molecule has 0 aromatic heterocycles. The van der Waals surface area contributed by atoms with Crippen LogP contribution in [0.3, 0.4) is 0 Å². The molecule has 0 amide bonds. The largest absolute Gasteiger partial charge is 0.176 e. The molecule has 0 radical (unpaired) electrons. The minimum absolute atomic E-state index is 0.684. The number of rotatable bonds is 0. The SMILES string of the molecule is CC1CC(C)CC(S)C1. The molecule has 1 saturated carbocycles. The van der Waals surface area contributed by atoms with E-state index in [0.29, 0.717) is 5.25 Å². The van der Waals surface area contributed by atoms with Gasteiger partial charge in [-0.25, -0.2) is 0 Å². The Labute approximate surface area is 63.4 Å². The van der Waals surface area contributed by atoms with Crippen LogP contribution in [0.15, 0.2) is 0 Å². The molecule has 1 heteroatoms. The van der Waals surface area contributed by atoms with Gasteiger partial charge < -0.3 is 0 Å². The quantitative estimate of drug-likeness (QED) is 0.497. The molecule has 0 N–H and O–H groups in total. The maximum absolute atomic E-state index is 4.48. The van der Waals surface area contributed by atoms with Gasteiger partial charge in [0.15, 0.2) is 0 Å². The Kier molecular flexibility index (Phi) is 2.45. The van der Waals surface area contributed by atoms with Crippen molar-refractivity contribution in [2.24, 2.45) is 11.8 Å². The Morgan fingerprint density at radius 1 is 1.00 bits per heavy atom. The van der Waals surface area contributed by atoms with Crippen molar-refractivity contribution >= 4 is 12.6 Å². The van der Waals surface area contributed by atoms with Gasteiger partial charge in [0.2, 0.25) is 0 Å². The first-order chi connectivity index (χ1) is 4.18. The number of thiol groups is 1. The van der Waals surface area contributed by atoms with E-state index in [4.69, 9.17) is 0 Å². The highest BCUT2D eigenvalue weighted by atomic mass is 32.1. The van der Waals surface area contributed by atoms with E-state index in [2.05, 4.69) is 26.5 Å². The Hall–Kier alpha value is 0.350. The van der Waals surface area contributed by atoms with Gasteiger partial charge in [-0.3, -0.25) is 0 Å². The first kappa shape index (κ1) is 7.46. The summed E-state index contributed by atoms with van der Waals surface area (Å²) in [5.41, 5.74) is 0. The average molecular weight is 144 g/mol. The lowest BCUT2D eigenvalue weighted by Crippen LogP contribution is -2.19. The summed E-state index contributed by atoms with van der Waals surface area (Å²) in [5.74, 6) is 1.83. The van der Waals surface area contributed by atoms with Crippen LogP contribution in [0.5, 0.6) is 0 Å². The predicted molar refractivity (Wildman–Crippen MR) is 45.0 cm³/mol. The zero-order valence-corrected chi connectivity index (χ0v) is 7.20. The highest BCUT2D eigenvalue weighted by molar-refractivity contribution is 7.80. The van der Waals surface area contributed by atoms with Crippen LogP contribution in [-0.2, 0) is 0 Å². The third kappa shape index (κ3) is 2.21. The summed E-state index contributed by atoms with van der Waals surface area (Å²) >= 11 is 4.48. The van der Waals surface area contributed by atoms with Crippen molar-refractivity contribution in [3.8, 4) is 0 Å². The Balaban J connectivity index is 2.34. The fourth-order valence-electron chi connectivity index (χ4n) is 1.90. The smallest absolute Gasteiger partial charge is 0.00218 e. The van der Waals surface area contributed by atoms with Crippen LogP contribution in [0.25, 0.3) is 0 Å². The molecule has 2 unspecified atom stereocenters. The molecule has 1 rings (SSSR count). The lowest BCUT2D eigenvalue weighted by atomic mass is 9.83. The second-order valence-corrected chi connectivity index (χ2v) is 4.30. The van der Waals surface area contributed by atoms with Crippen LogP contribution in [0, 0.1) is 11.8 Å². The Bertz CT molecular complexity index is 65.5. The molecule has 2 atom stereocenters. The highest BCUT2D eigenvalue weighted by Crippen LogP contribution is 2.30. The van der Waals surface area contributed by atoms with Crippen molar-refractivity contribution in [2.45, 2.75) is 38.4 Å². The molecule has 0 saturated heterocycles. The molecule has 1 aliphatic rings. The summed E-state index contributed by atoms with van der Waals surface area (Å²) in [6.07, 6.45) is 4.07. The third-order valence-corrected chi connectivity index (χ3v) is 2.58. The van der Waals surface area contributed by atoms with Gasteiger partial charge in [0.05, 0.1) is 0 Å². The van der Waals surface area contributed by atoms with Gasteiger partial charge in [-0.2, -0.15) is 12.6 Å². The average Bonchev–Trinajstić information content (AvgIpc) is 1.59. The molecule has 1 fully saturated rings. The maximum atomic E-state index is 4.48. The summed E-state index contributed by atoms with van der Waals surface area (Å²) in [6, 6.07) is 0. The van der Waals surface area contributed by atoms with E-state index in [1.165, 1.54) is 19.3 Å². The zero-order valence-electron chi connectivity index (χ0n) is 6.30. The monoisotopic (exact) mass is 144 g/mol. The zero-order chi connectivity index (χ0) is 6.85. The van der Waals surface area contributed by atoms with E-state index in [0.717, 1.165) is 11.8 Å². The van der Waals surface area contributed by atoms with E-state index in [1.54, 1.807) is 0 Å². The molecule has 0 heterocycles. The van der Waals surface area contributed by atoms with Crippen LogP contribution in [-0.4, -0.2) is 5.25 Å². The first-order valence-corrected chi connectivity index (χ1v) is 4.38. The van der Waals surface area contributed by atoms with Gasteiger partial charge in [0.1, 0.15) is 0 Å². The Morgan fingerprint density at radius 3 is 1.78 bits per heavy atom. The lowest BCUT2D eigenvalue weighted by molar-refractivity contribution is 0.310. The Morgan fingerprint density at radius 2 is 1.44 bits per heavy atom. The topological polar surface area (TPSA) is 0 Å². The molecule has 0 nitrogen and oxygen atoms in total. The van der Waals surface area contributed by atoms with Crippen molar-refractivity contribution in [3.05, 3.63) is 0 Å². The minimum atomic E-state index is 0.684. The number of hydrogen-bond donors (Lipinski definition) is 1. The third-order valence-electron chi connectivity index (χ3n) is 2.15. The van der Waals surface area contributed by atoms with Gasteiger partial charge in [0, 0.05) is 5.25 Å². The van der Waals surface area contributed by atoms with Crippen molar-refractivity contribution < 1.29 is 0 Å². The van der Waals surface area contributed by atoms with Gasteiger partial charge >= 0.3 is 0 Å². The highest BCUT2D eigenvalue weighted by Gasteiger charge is 2.20. The van der Waals surface area contributed by atoms with E-state index < -0.39 is 0 Å². The summed E-state index contributed by atoms with van der Waals surface area (Å²) in [5, 5.41) is 0.684. The molecule has 0 aromatic carbocycles. The minimum Gasteiger partial charge on any atom is -0.176 e. The van der Waals surface area contributed by atoms with Gasteiger partial charge in [-0.15, -0.1) is 0 Å². The predicted octanol–water partition coefficient (Wildman–Crippen LogP) is 2.74. The van der Waals surface area contributed by atoms with Crippen molar-refractivity contribution in [1.29, 1.82) is 0 Å². The van der Waals surface area contributed by atoms with Crippen LogP contribution in [0.2, 0.25) is 0 Å². The molecule has 0 aromatic rings. The van der Waals surface area contributed by atoms with Gasteiger partial charge in [0.25, 0.3) is 0 Å². The van der Waals surface area contributed by atoms with Crippen molar-refractivity contribution in [2.75, 3.05) is 0 Å². The standard InChI is InChI=1S/C8H16S/c1-6-3-7(2)5-8(9)4-6/h6-9H,3-5H2,1-2H3. The number of hydrogen-bond acceptors (Lipinski definition) is 1. The molecule has 0 aliphatic heterocycles. The van der Waals surface area contributed by atoms with Gasteiger partial charge in [-0.05, 0) is 31.1 Å². The molecular formula is C8H16S. The van der Waals surface area contributed by atoms with Crippen LogP contribution in [0.4, 0.5) is 0 Å². The fourth-order valence-corrected chi connectivity index (χ4v) is 2.62. The molecular weight excluding hydrogens is 128 g/mol. The maximum Gasteiger partial charge on any atom is 0.00218 e. The van der Waals surface area contributed by atoms with Crippen molar-refractivity contribution in [1.82, 2.24) is 0 Å². The molecule has 0 spiro atoms. The van der Waals surface area contributed by atoms with Crippen molar-refractivity contribution in [3.63, 3.8) is 0 Å². The normalized spacial score (nSPS) is 45.0. The summed E-state index contributed by atoms with van der Waals surface area (Å²) in [6.45, 7) is 4.66.